The maximum atomic E-state index is 5.24. The maximum absolute atomic E-state index is 5.24. The number of ether oxygens (including phenoxy) is 1. The zero-order valence-corrected chi connectivity index (χ0v) is 13.0. The zero-order valence-electron chi connectivity index (χ0n) is 13.0. The van der Waals surface area contributed by atoms with Crippen molar-refractivity contribution in [2.24, 2.45) is 5.92 Å². The number of anilines is 1. The highest BCUT2D eigenvalue weighted by atomic mass is 16.5. The third kappa shape index (κ3) is 5.21. The Labute approximate surface area is 118 Å². The Morgan fingerprint density at radius 1 is 1.32 bits per heavy atom. The van der Waals surface area contributed by atoms with Gasteiger partial charge in [-0.3, -0.25) is 0 Å². The minimum atomic E-state index is 0.639. The van der Waals surface area contributed by atoms with Crippen molar-refractivity contribution in [3.8, 4) is 0 Å². The highest BCUT2D eigenvalue weighted by Gasteiger charge is 2.12. The zero-order chi connectivity index (χ0) is 14.3. The Kier molecular flexibility index (Phi) is 6.89. The number of hydrogen-bond donors (Lipinski definition) is 1. The molecule has 0 fully saturated rings. The SMILES string of the molecule is CNCc1cc(C)ccc1N(CCOC)CC(C)C. The molecule has 1 aromatic rings. The summed E-state index contributed by atoms with van der Waals surface area (Å²) in [4.78, 5) is 2.43. The molecule has 1 N–H and O–H groups in total. The lowest BCUT2D eigenvalue weighted by molar-refractivity contribution is 0.204. The molecule has 0 amide bonds. The molecule has 0 atom stereocenters. The fourth-order valence-corrected chi connectivity index (χ4v) is 2.31. The van der Waals surface area contributed by atoms with Gasteiger partial charge in [0.15, 0.2) is 0 Å². The van der Waals surface area contributed by atoms with Crippen LogP contribution in [0.3, 0.4) is 0 Å². The van der Waals surface area contributed by atoms with E-state index >= 15 is 0 Å². The van der Waals surface area contributed by atoms with E-state index in [1.807, 2.05) is 7.05 Å². The van der Waals surface area contributed by atoms with Crippen LogP contribution in [0.5, 0.6) is 0 Å². The van der Waals surface area contributed by atoms with E-state index in [9.17, 15) is 0 Å². The first kappa shape index (κ1) is 16.0. The van der Waals surface area contributed by atoms with Gasteiger partial charge >= 0.3 is 0 Å². The molecule has 0 bridgehead atoms. The summed E-state index contributed by atoms with van der Waals surface area (Å²) in [6, 6.07) is 6.70. The quantitative estimate of drug-likeness (QED) is 0.781. The van der Waals surface area contributed by atoms with Crippen LogP contribution in [-0.2, 0) is 11.3 Å². The van der Waals surface area contributed by atoms with E-state index in [1.54, 1.807) is 7.11 Å². The number of aryl methyl sites for hydroxylation is 1. The molecule has 0 spiro atoms. The Bertz CT molecular complexity index is 377. The van der Waals surface area contributed by atoms with Crippen molar-refractivity contribution in [2.45, 2.75) is 27.3 Å². The minimum absolute atomic E-state index is 0.639. The lowest BCUT2D eigenvalue weighted by Crippen LogP contribution is -2.32. The molecule has 3 heteroatoms. The van der Waals surface area contributed by atoms with Gasteiger partial charge in [-0.2, -0.15) is 0 Å². The highest BCUT2D eigenvalue weighted by molar-refractivity contribution is 5.55. The van der Waals surface area contributed by atoms with E-state index in [2.05, 4.69) is 49.2 Å². The van der Waals surface area contributed by atoms with Crippen LogP contribution in [-0.4, -0.2) is 33.9 Å². The number of nitrogens with one attached hydrogen (secondary N) is 1. The van der Waals surface area contributed by atoms with E-state index in [1.165, 1.54) is 16.8 Å². The molecule has 0 heterocycles. The first-order valence-corrected chi connectivity index (χ1v) is 7.06. The van der Waals surface area contributed by atoms with E-state index in [0.29, 0.717) is 5.92 Å². The Balaban J connectivity index is 2.98. The van der Waals surface area contributed by atoms with Crippen molar-refractivity contribution < 1.29 is 4.74 Å². The van der Waals surface area contributed by atoms with Crippen LogP contribution in [0.25, 0.3) is 0 Å². The highest BCUT2D eigenvalue weighted by Crippen LogP contribution is 2.23. The first-order valence-electron chi connectivity index (χ1n) is 7.06. The van der Waals surface area contributed by atoms with Crippen LogP contribution in [0.2, 0.25) is 0 Å². The molecule has 1 rings (SSSR count). The summed E-state index contributed by atoms with van der Waals surface area (Å²) in [5.41, 5.74) is 4.00. The smallest absolute Gasteiger partial charge is 0.0637 e. The van der Waals surface area contributed by atoms with Crippen LogP contribution in [0.4, 0.5) is 5.69 Å². The molecule has 108 valence electrons. The average molecular weight is 264 g/mol. The van der Waals surface area contributed by atoms with E-state index in [4.69, 9.17) is 4.74 Å². The van der Waals surface area contributed by atoms with Crippen LogP contribution in [0.1, 0.15) is 25.0 Å². The number of benzene rings is 1. The second kappa shape index (κ2) is 8.18. The summed E-state index contributed by atoms with van der Waals surface area (Å²) in [6.45, 7) is 10.3. The standard InChI is InChI=1S/C16H28N2O/c1-13(2)12-18(8-9-19-5)16-7-6-14(3)10-15(16)11-17-4/h6-7,10,13,17H,8-9,11-12H2,1-5H3. The van der Waals surface area contributed by atoms with Crippen molar-refractivity contribution in [3.05, 3.63) is 29.3 Å². The van der Waals surface area contributed by atoms with Gasteiger partial charge in [-0.25, -0.2) is 0 Å². The predicted octanol–water partition coefficient (Wildman–Crippen LogP) is 2.82. The van der Waals surface area contributed by atoms with E-state index in [-0.39, 0.29) is 0 Å². The van der Waals surface area contributed by atoms with Crippen LogP contribution in [0.15, 0.2) is 18.2 Å². The first-order chi connectivity index (χ1) is 9.08. The molecule has 19 heavy (non-hydrogen) atoms. The normalized spacial score (nSPS) is 11.1. The molecule has 0 aliphatic rings. The fraction of sp³-hybridized carbons (Fsp3) is 0.625. The van der Waals surface area contributed by atoms with Crippen molar-refractivity contribution in [1.82, 2.24) is 5.32 Å². The molecular formula is C16H28N2O. The third-order valence-electron chi connectivity index (χ3n) is 3.09. The van der Waals surface area contributed by atoms with Gasteiger partial charge in [0.05, 0.1) is 6.61 Å². The van der Waals surface area contributed by atoms with Crippen LogP contribution < -0.4 is 10.2 Å². The maximum Gasteiger partial charge on any atom is 0.0637 e. The van der Waals surface area contributed by atoms with Gasteiger partial charge in [-0.15, -0.1) is 0 Å². The summed E-state index contributed by atoms with van der Waals surface area (Å²) in [5, 5.41) is 3.26. The number of nitrogens with zero attached hydrogens (tertiary/aromatic N) is 1. The van der Waals surface area contributed by atoms with Gasteiger partial charge in [0.1, 0.15) is 0 Å². The van der Waals surface area contributed by atoms with Crippen molar-refractivity contribution in [3.63, 3.8) is 0 Å². The minimum Gasteiger partial charge on any atom is -0.383 e. The van der Waals surface area contributed by atoms with Crippen molar-refractivity contribution in [1.29, 1.82) is 0 Å². The second-order valence-electron chi connectivity index (χ2n) is 5.50. The fourth-order valence-electron chi connectivity index (χ4n) is 2.31. The Morgan fingerprint density at radius 3 is 2.63 bits per heavy atom. The number of hydrogen-bond acceptors (Lipinski definition) is 3. The average Bonchev–Trinajstić information content (AvgIpc) is 2.35. The lowest BCUT2D eigenvalue weighted by Gasteiger charge is -2.29. The van der Waals surface area contributed by atoms with Crippen LogP contribution in [0, 0.1) is 12.8 Å². The molecule has 0 aliphatic heterocycles. The van der Waals surface area contributed by atoms with Gasteiger partial charge in [0.2, 0.25) is 0 Å². The van der Waals surface area contributed by atoms with Gasteiger partial charge in [0, 0.05) is 32.4 Å². The predicted molar refractivity (Wildman–Crippen MR) is 82.9 cm³/mol. The van der Waals surface area contributed by atoms with Gasteiger partial charge in [0.25, 0.3) is 0 Å². The summed E-state index contributed by atoms with van der Waals surface area (Å²) in [5.74, 6) is 0.639. The molecule has 0 unspecified atom stereocenters. The number of rotatable bonds is 8. The van der Waals surface area contributed by atoms with Gasteiger partial charge in [-0.1, -0.05) is 31.5 Å². The van der Waals surface area contributed by atoms with E-state index in [0.717, 1.165) is 26.2 Å². The van der Waals surface area contributed by atoms with Gasteiger partial charge < -0.3 is 15.0 Å². The van der Waals surface area contributed by atoms with Crippen LogP contribution >= 0.6 is 0 Å². The molecule has 0 aliphatic carbocycles. The molecule has 0 radical (unpaired) electrons. The lowest BCUT2D eigenvalue weighted by atomic mass is 10.1. The summed E-state index contributed by atoms with van der Waals surface area (Å²) in [7, 11) is 3.76. The largest absolute Gasteiger partial charge is 0.383 e. The molecule has 3 nitrogen and oxygen atoms in total. The summed E-state index contributed by atoms with van der Waals surface area (Å²) < 4.78 is 5.24. The molecule has 1 aromatic carbocycles. The summed E-state index contributed by atoms with van der Waals surface area (Å²) >= 11 is 0. The van der Waals surface area contributed by atoms with Crippen molar-refractivity contribution in [2.75, 3.05) is 38.8 Å². The molecule has 0 saturated heterocycles. The molecular weight excluding hydrogens is 236 g/mol. The monoisotopic (exact) mass is 264 g/mol. The summed E-state index contributed by atoms with van der Waals surface area (Å²) in [6.07, 6.45) is 0. The Morgan fingerprint density at radius 2 is 2.05 bits per heavy atom. The topological polar surface area (TPSA) is 24.5 Å². The van der Waals surface area contributed by atoms with Crippen molar-refractivity contribution >= 4 is 5.69 Å². The molecule has 0 aromatic heterocycles. The second-order valence-corrected chi connectivity index (χ2v) is 5.50. The number of methoxy groups -OCH3 is 1. The Hall–Kier alpha value is -1.06. The third-order valence-corrected chi connectivity index (χ3v) is 3.09. The van der Waals surface area contributed by atoms with Gasteiger partial charge in [-0.05, 0) is 31.5 Å². The van der Waals surface area contributed by atoms with E-state index < -0.39 is 0 Å². The molecule has 0 saturated carbocycles.